The number of carboxylic acids is 1. The number of carbonyl (C=O) groups is 2. The van der Waals surface area contributed by atoms with Crippen molar-refractivity contribution in [2.75, 3.05) is 13.1 Å². The molecule has 1 fully saturated rings. The van der Waals surface area contributed by atoms with Crippen molar-refractivity contribution in [3.05, 3.63) is 39.2 Å². The number of piperidine rings is 1. The van der Waals surface area contributed by atoms with E-state index in [1.54, 1.807) is 11.0 Å². The first-order valence-corrected chi connectivity index (χ1v) is 10.4. The summed E-state index contributed by atoms with van der Waals surface area (Å²) in [6.45, 7) is 6.60. The monoisotopic (exact) mass is 413 g/mol. The minimum Gasteiger partial charge on any atom is -0.487 e. The van der Waals surface area contributed by atoms with Crippen LogP contribution in [-0.4, -0.2) is 40.6 Å². The van der Waals surface area contributed by atoms with Crippen LogP contribution in [0.5, 0.6) is 5.75 Å². The van der Waals surface area contributed by atoms with Crippen molar-refractivity contribution < 1.29 is 23.8 Å². The van der Waals surface area contributed by atoms with Crippen LogP contribution in [0.25, 0.3) is 11.0 Å². The summed E-state index contributed by atoms with van der Waals surface area (Å²) in [7, 11) is 0. The van der Waals surface area contributed by atoms with Gasteiger partial charge in [0.05, 0.1) is 17.9 Å². The number of benzene rings is 1. The van der Waals surface area contributed by atoms with Crippen molar-refractivity contribution in [2.24, 2.45) is 5.92 Å². The molecule has 160 valence electrons. The van der Waals surface area contributed by atoms with Gasteiger partial charge in [0.25, 0.3) is 0 Å². The Labute approximate surface area is 174 Å². The van der Waals surface area contributed by atoms with Crippen molar-refractivity contribution in [3.8, 4) is 5.75 Å². The maximum Gasteiger partial charge on any atom is 0.340 e. The first-order chi connectivity index (χ1) is 14.1. The van der Waals surface area contributed by atoms with Crippen LogP contribution < -0.4 is 10.4 Å². The Morgan fingerprint density at radius 2 is 2.07 bits per heavy atom. The normalized spacial score (nSPS) is 20.5. The summed E-state index contributed by atoms with van der Waals surface area (Å²) in [6, 6.07) is 3.77. The number of nitrogens with zero attached hydrogens (tertiary/aromatic N) is 1. The molecular formula is C23H27NO6. The number of fused-ring (bicyclic) bond motifs is 2. The quantitative estimate of drug-likeness (QED) is 0.777. The number of ether oxygens (including phenoxy) is 1. The zero-order valence-electron chi connectivity index (χ0n) is 17.6. The van der Waals surface area contributed by atoms with Crippen molar-refractivity contribution in [1.29, 1.82) is 0 Å². The third kappa shape index (κ3) is 3.80. The van der Waals surface area contributed by atoms with E-state index in [0.717, 1.165) is 35.1 Å². The lowest BCUT2D eigenvalue weighted by Crippen LogP contribution is -2.43. The summed E-state index contributed by atoms with van der Waals surface area (Å²) in [5, 5.41) is 10.1. The summed E-state index contributed by atoms with van der Waals surface area (Å²) in [6.07, 6.45) is 2.90. The van der Waals surface area contributed by atoms with Crippen LogP contribution in [0, 0.1) is 12.8 Å². The number of hydrogen-bond acceptors (Lipinski definition) is 5. The minimum atomic E-state index is -0.885. The first-order valence-electron chi connectivity index (χ1n) is 10.4. The smallest absolute Gasteiger partial charge is 0.340 e. The molecule has 7 heteroatoms. The highest BCUT2D eigenvalue weighted by atomic mass is 16.5. The fraction of sp³-hybridized carbons (Fsp3) is 0.522. The molecule has 0 radical (unpaired) electrons. The maximum absolute atomic E-state index is 12.8. The standard InChI is InChI=1S/C23H27NO6/c1-13-16-9-14-6-7-23(2,3)30-18(14)11-19(16)29-22(28)17(13)10-20(25)24-8-4-5-15(12-24)21(26)27/h9,11,15H,4-8,10,12H2,1-3H3,(H,26,27)/t15-/m0/s1. The molecule has 2 aliphatic heterocycles. The topological polar surface area (TPSA) is 97.1 Å². The highest BCUT2D eigenvalue weighted by Crippen LogP contribution is 2.36. The van der Waals surface area contributed by atoms with Gasteiger partial charge in [-0.3, -0.25) is 9.59 Å². The van der Waals surface area contributed by atoms with E-state index in [2.05, 4.69) is 0 Å². The minimum absolute atomic E-state index is 0.0862. The van der Waals surface area contributed by atoms with Gasteiger partial charge >= 0.3 is 11.6 Å². The Morgan fingerprint density at radius 3 is 2.80 bits per heavy atom. The second-order valence-electron chi connectivity index (χ2n) is 9.00. The molecule has 0 spiro atoms. The van der Waals surface area contributed by atoms with Gasteiger partial charge in [0.1, 0.15) is 16.9 Å². The molecule has 7 nitrogen and oxygen atoms in total. The maximum atomic E-state index is 12.8. The largest absolute Gasteiger partial charge is 0.487 e. The Balaban J connectivity index is 1.64. The van der Waals surface area contributed by atoms with Crippen LogP contribution >= 0.6 is 0 Å². The fourth-order valence-corrected chi connectivity index (χ4v) is 4.41. The van der Waals surface area contributed by atoms with Gasteiger partial charge in [-0.05, 0) is 63.6 Å². The van der Waals surface area contributed by atoms with Gasteiger partial charge in [-0.25, -0.2) is 4.79 Å². The average molecular weight is 413 g/mol. The molecule has 1 N–H and O–H groups in total. The van der Waals surface area contributed by atoms with E-state index in [1.165, 1.54) is 0 Å². The number of likely N-dealkylation sites (tertiary alicyclic amines) is 1. The van der Waals surface area contributed by atoms with Crippen molar-refractivity contribution in [2.45, 2.75) is 58.5 Å². The summed E-state index contributed by atoms with van der Waals surface area (Å²) in [5.74, 6) is -0.937. The lowest BCUT2D eigenvalue weighted by molar-refractivity contribution is -0.145. The molecule has 1 atom stereocenters. The van der Waals surface area contributed by atoms with E-state index in [4.69, 9.17) is 9.15 Å². The number of rotatable bonds is 3. The van der Waals surface area contributed by atoms with E-state index in [9.17, 15) is 19.5 Å². The molecular weight excluding hydrogens is 386 g/mol. The Hall–Kier alpha value is -2.83. The molecule has 30 heavy (non-hydrogen) atoms. The van der Waals surface area contributed by atoms with Gasteiger partial charge < -0.3 is 19.2 Å². The second-order valence-corrected chi connectivity index (χ2v) is 9.00. The van der Waals surface area contributed by atoms with Gasteiger partial charge in [0.2, 0.25) is 5.91 Å². The highest BCUT2D eigenvalue weighted by Gasteiger charge is 2.30. The number of amides is 1. The molecule has 1 aromatic carbocycles. The highest BCUT2D eigenvalue weighted by molar-refractivity contribution is 5.86. The van der Waals surface area contributed by atoms with Crippen molar-refractivity contribution >= 4 is 22.8 Å². The molecule has 3 heterocycles. The molecule has 2 aliphatic rings. The summed E-state index contributed by atoms with van der Waals surface area (Å²) >= 11 is 0. The number of carbonyl (C=O) groups excluding carboxylic acids is 1. The predicted octanol–water partition coefficient (Wildman–Crippen LogP) is 3.07. The van der Waals surface area contributed by atoms with E-state index in [0.29, 0.717) is 30.5 Å². The predicted molar refractivity (Wildman–Crippen MR) is 111 cm³/mol. The van der Waals surface area contributed by atoms with Crippen LogP contribution in [0.2, 0.25) is 0 Å². The molecule has 0 bridgehead atoms. The fourth-order valence-electron chi connectivity index (χ4n) is 4.41. The van der Waals surface area contributed by atoms with Crippen molar-refractivity contribution in [3.63, 3.8) is 0 Å². The van der Waals surface area contributed by atoms with Gasteiger partial charge in [-0.2, -0.15) is 0 Å². The third-order valence-electron chi connectivity index (χ3n) is 6.30. The zero-order valence-corrected chi connectivity index (χ0v) is 17.6. The molecule has 4 rings (SSSR count). The second kappa shape index (κ2) is 7.45. The summed E-state index contributed by atoms with van der Waals surface area (Å²) in [5.41, 5.74) is 1.79. The Morgan fingerprint density at radius 1 is 1.30 bits per heavy atom. The van der Waals surface area contributed by atoms with Gasteiger partial charge in [-0.15, -0.1) is 0 Å². The van der Waals surface area contributed by atoms with E-state index in [-0.39, 0.29) is 24.5 Å². The molecule has 1 aromatic heterocycles. The van der Waals surface area contributed by atoms with Crippen molar-refractivity contribution in [1.82, 2.24) is 4.90 Å². The van der Waals surface area contributed by atoms with E-state index >= 15 is 0 Å². The summed E-state index contributed by atoms with van der Waals surface area (Å²) < 4.78 is 11.6. The number of carboxylic acid groups (broad SMARTS) is 1. The lowest BCUT2D eigenvalue weighted by Gasteiger charge is -2.32. The molecule has 1 amide bonds. The summed E-state index contributed by atoms with van der Waals surface area (Å²) in [4.78, 5) is 38.3. The molecule has 0 saturated carbocycles. The first kappa shape index (κ1) is 20.4. The van der Waals surface area contributed by atoms with Crippen LogP contribution in [-0.2, 0) is 22.4 Å². The van der Waals surface area contributed by atoms with Gasteiger partial charge in [0.15, 0.2) is 0 Å². The molecule has 0 aliphatic carbocycles. The number of hydrogen-bond donors (Lipinski definition) is 1. The third-order valence-corrected chi connectivity index (χ3v) is 6.30. The van der Waals surface area contributed by atoms with Crippen LogP contribution in [0.4, 0.5) is 0 Å². The van der Waals surface area contributed by atoms with E-state index in [1.807, 2.05) is 26.8 Å². The van der Waals surface area contributed by atoms with Crippen LogP contribution in [0.1, 0.15) is 49.8 Å². The van der Waals surface area contributed by atoms with Crippen LogP contribution in [0.3, 0.4) is 0 Å². The number of aliphatic carboxylic acids is 1. The molecule has 2 aromatic rings. The molecule has 0 unspecified atom stereocenters. The van der Waals surface area contributed by atoms with Gasteiger partial charge in [-0.1, -0.05) is 0 Å². The van der Waals surface area contributed by atoms with E-state index < -0.39 is 17.5 Å². The number of aryl methyl sites for hydroxylation is 2. The average Bonchev–Trinajstić information content (AvgIpc) is 2.69. The lowest BCUT2D eigenvalue weighted by atomic mass is 9.92. The Kier molecular flexibility index (Phi) is 5.08. The SMILES string of the molecule is Cc1c(CC(=O)N2CCC[C@H](C(=O)O)C2)c(=O)oc2cc3c(cc12)CCC(C)(C)O3. The van der Waals surface area contributed by atoms with Crippen LogP contribution in [0.15, 0.2) is 21.3 Å². The molecule has 1 saturated heterocycles. The van der Waals surface area contributed by atoms with Gasteiger partial charge in [0, 0.05) is 24.5 Å². The Bertz CT molecular complexity index is 1080. The zero-order chi connectivity index (χ0) is 21.6.